The van der Waals surface area contributed by atoms with E-state index in [1.54, 1.807) is 40.0 Å². The Morgan fingerprint density at radius 2 is 2.00 bits per heavy atom. The second kappa shape index (κ2) is 8.91. The Morgan fingerprint density at radius 3 is 2.65 bits per heavy atom. The number of aliphatic carboxylic acids is 1. The number of hydrogen-bond acceptors (Lipinski definition) is 7. The minimum absolute atomic E-state index is 0.151. The van der Waals surface area contributed by atoms with Gasteiger partial charge < -0.3 is 14.6 Å². The fourth-order valence-electron chi connectivity index (χ4n) is 3.53. The number of carboxylic acids is 1. The first kappa shape index (κ1) is 22.5. The van der Waals surface area contributed by atoms with Gasteiger partial charge in [0.25, 0.3) is 0 Å². The van der Waals surface area contributed by atoms with E-state index >= 15 is 0 Å². The van der Waals surface area contributed by atoms with Gasteiger partial charge in [-0.1, -0.05) is 5.21 Å². The van der Waals surface area contributed by atoms with Crippen molar-refractivity contribution < 1.29 is 24.2 Å². The number of carboxylic acid groups (broad SMARTS) is 1. The number of aromatic nitrogens is 4. The average molecular weight is 431 g/mol. The predicted molar refractivity (Wildman–Crippen MR) is 113 cm³/mol. The zero-order valence-electron chi connectivity index (χ0n) is 18.5. The number of ether oxygens (including phenoxy) is 2. The molecule has 2 atom stereocenters. The summed E-state index contributed by atoms with van der Waals surface area (Å²) in [6.45, 7) is 7.16. The highest BCUT2D eigenvalue weighted by atomic mass is 16.6. The number of carbonyl (C=O) groups is 2. The molecule has 0 unspecified atom stereocenters. The number of pyridine rings is 1. The van der Waals surface area contributed by atoms with Gasteiger partial charge in [-0.05, 0) is 65.5 Å². The van der Waals surface area contributed by atoms with Crippen molar-refractivity contribution in [3.05, 3.63) is 17.8 Å². The molecule has 1 fully saturated rings. The second-order valence-electron chi connectivity index (χ2n) is 8.76. The summed E-state index contributed by atoms with van der Waals surface area (Å²) in [5, 5.41) is 20.1. The lowest BCUT2D eigenvalue weighted by Gasteiger charge is -2.27. The first-order chi connectivity index (χ1) is 14.5. The zero-order chi connectivity index (χ0) is 22.8. The lowest BCUT2D eigenvalue weighted by Crippen LogP contribution is -2.29. The van der Waals surface area contributed by atoms with Gasteiger partial charge in [0.15, 0.2) is 11.5 Å². The van der Waals surface area contributed by atoms with E-state index in [0.717, 1.165) is 12.8 Å². The largest absolute Gasteiger partial charge is 0.489 e. The van der Waals surface area contributed by atoms with E-state index in [1.165, 1.54) is 4.68 Å². The molecule has 10 nitrogen and oxygen atoms in total. The Bertz CT molecular complexity index is 966. The Balaban J connectivity index is 1.76. The van der Waals surface area contributed by atoms with E-state index in [9.17, 15) is 14.7 Å². The van der Waals surface area contributed by atoms with Crippen LogP contribution >= 0.6 is 0 Å². The van der Waals surface area contributed by atoms with Crippen LogP contribution in [0.25, 0.3) is 11.4 Å². The first-order valence-corrected chi connectivity index (χ1v) is 10.3. The van der Waals surface area contributed by atoms with Gasteiger partial charge >= 0.3 is 12.1 Å². The molecule has 2 N–H and O–H groups in total. The molecule has 0 saturated heterocycles. The SMILES string of the molecule is Cc1nc(-c2nnn(C)c2NC(=O)OC(C)(C)C)ccc1O[C@H]1CCC[C@H](C(=O)O)C1. The van der Waals surface area contributed by atoms with E-state index in [2.05, 4.69) is 20.6 Å². The molecule has 1 amide bonds. The third-order valence-electron chi connectivity index (χ3n) is 5.00. The second-order valence-corrected chi connectivity index (χ2v) is 8.76. The molecule has 1 aliphatic rings. The molecule has 0 aromatic carbocycles. The molecule has 0 aliphatic heterocycles. The van der Waals surface area contributed by atoms with Gasteiger partial charge in [-0.25, -0.2) is 14.5 Å². The summed E-state index contributed by atoms with van der Waals surface area (Å²) in [5.41, 5.74) is 0.939. The lowest BCUT2D eigenvalue weighted by atomic mass is 9.87. The number of carbonyl (C=O) groups excluding carboxylic acids is 1. The number of amides is 1. The van der Waals surface area contributed by atoms with E-state index in [-0.39, 0.29) is 12.0 Å². The van der Waals surface area contributed by atoms with Crippen LogP contribution in [-0.4, -0.2) is 48.9 Å². The fourth-order valence-corrected chi connectivity index (χ4v) is 3.53. The molecular weight excluding hydrogens is 402 g/mol. The quantitative estimate of drug-likeness (QED) is 0.735. The normalized spacial score (nSPS) is 19.0. The fraction of sp³-hybridized carbons (Fsp3) is 0.571. The van der Waals surface area contributed by atoms with Crippen molar-refractivity contribution in [2.75, 3.05) is 5.32 Å². The number of rotatable bonds is 5. The molecule has 1 aliphatic carbocycles. The monoisotopic (exact) mass is 431 g/mol. The topological polar surface area (TPSA) is 128 Å². The Morgan fingerprint density at radius 1 is 1.26 bits per heavy atom. The van der Waals surface area contributed by atoms with Crippen LogP contribution in [-0.2, 0) is 16.6 Å². The third kappa shape index (κ3) is 5.71. The number of hydrogen-bond donors (Lipinski definition) is 2. The molecule has 2 heterocycles. The Kier molecular flexibility index (Phi) is 6.47. The minimum Gasteiger partial charge on any atom is -0.489 e. The molecule has 0 spiro atoms. The van der Waals surface area contributed by atoms with E-state index in [4.69, 9.17) is 9.47 Å². The van der Waals surface area contributed by atoms with Gasteiger partial charge in [-0.3, -0.25) is 10.1 Å². The summed E-state index contributed by atoms with van der Waals surface area (Å²) < 4.78 is 12.8. The molecule has 2 aromatic rings. The van der Waals surface area contributed by atoms with Gasteiger partial charge in [0.05, 0.1) is 23.4 Å². The van der Waals surface area contributed by atoms with Crippen LogP contribution in [0.3, 0.4) is 0 Å². The Hall–Kier alpha value is -3.17. The molecular formula is C21H29N5O5. The van der Waals surface area contributed by atoms with Crippen LogP contribution in [0.1, 0.15) is 52.1 Å². The highest BCUT2D eigenvalue weighted by Crippen LogP contribution is 2.31. The van der Waals surface area contributed by atoms with Crippen molar-refractivity contribution in [1.82, 2.24) is 20.0 Å². The van der Waals surface area contributed by atoms with Gasteiger partial charge in [0.1, 0.15) is 11.4 Å². The van der Waals surface area contributed by atoms with Crippen molar-refractivity contribution in [3.63, 3.8) is 0 Å². The smallest absolute Gasteiger partial charge is 0.413 e. The van der Waals surface area contributed by atoms with E-state index < -0.39 is 17.7 Å². The van der Waals surface area contributed by atoms with Gasteiger partial charge in [0, 0.05) is 7.05 Å². The molecule has 168 valence electrons. The highest BCUT2D eigenvalue weighted by Gasteiger charge is 2.28. The van der Waals surface area contributed by atoms with Gasteiger partial charge in [-0.15, -0.1) is 5.10 Å². The molecule has 3 rings (SSSR count). The van der Waals surface area contributed by atoms with Crippen LogP contribution in [0.15, 0.2) is 12.1 Å². The van der Waals surface area contributed by atoms with Crippen LogP contribution < -0.4 is 10.1 Å². The van der Waals surface area contributed by atoms with Crippen LogP contribution in [0, 0.1) is 12.8 Å². The number of anilines is 1. The molecule has 0 bridgehead atoms. The number of nitrogens with zero attached hydrogens (tertiary/aromatic N) is 4. The summed E-state index contributed by atoms with van der Waals surface area (Å²) in [6.07, 6.45) is 2.06. The van der Waals surface area contributed by atoms with Crippen molar-refractivity contribution in [2.45, 2.75) is 65.1 Å². The summed E-state index contributed by atoms with van der Waals surface area (Å²) in [4.78, 5) is 28.0. The average Bonchev–Trinajstić information content (AvgIpc) is 3.02. The highest BCUT2D eigenvalue weighted by molar-refractivity contribution is 5.88. The third-order valence-corrected chi connectivity index (χ3v) is 5.00. The lowest BCUT2D eigenvalue weighted by molar-refractivity contribution is -0.143. The maximum Gasteiger partial charge on any atom is 0.413 e. The molecule has 1 saturated carbocycles. The van der Waals surface area contributed by atoms with Crippen molar-refractivity contribution >= 4 is 17.9 Å². The Labute approximate surface area is 181 Å². The van der Waals surface area contributed by atoms with E-state index in [1.807, 2.05) is 6.92 Å². The van der Waals surface area contributed by atoms with Gasteiger partial charge in [-0.2, -0.15) is 0 Å². The molecule has 2 aromatic heterocycles. The van der Waals surface area contributed by atoms with Crippen molar-refractivity contribution in [1.29, 1.82) is 0 Å². The van der Waals surface area contributed by atoms with Gasteiger partial charge in [0.2, 0.25) is 0 Å². The van der Waals surface area contributed by atoms with Crippen molar-refractivity contribution in [2.24, 2.45) is 13.0 Å². The van der Waals surface area contributed by atoms with Crippen LogP contribution in [0.4, 0.5) is 10.6 Å². The van der Waals surface area contributed by atoms with Crippen LogP contribution in [0.2, 0.25) is 0 Å². The maximum absolute atomic E-state index is 12.2. The van der Waals surface area contributed by atoms with Crippen LogP contribution in [0.5, 0.6) is 5.75 Å². The van der Waals surface area contributed by atoms with E-state index in [0.29, 0.717) is 41.5 Å². The maximum atomic E-state index is 12.2. The minimum atomic E-state index is -0.772. The van der Waals surface area contributed by atoms with Crippen molar-refractivity contribution in [3.8, 4) is 17.1 Å². The summed E-state index contributed by atoms with van der Waals surface area (Å²) in [7, 11) is 1.66. The summed E-state index contributed by atoms with van der Waals surface area (Å²) in [5.74, 6) is -0.171. The first-order valence-electron chi connectivity index (χ1n) is 10.3. The zero-order valence-corrected chi connectivity index (χ0v) is 18.5. The standard InChI is InChI=1S/C21H29N5O5/c1-12-16(30-14-8-6-7-13(11-14)19(27)28)10-9-15(22-12)17-18(26(5)25-24-17)23-20(29)31-21(2,3)4/h9-10,13-14H,6-8,11H2,1-5H3,(H,23,29)(H,27,28)/t13-,14-/m0/s1. The summed E-state index contributed by atoms with van der Waals surface area (Å²) in [6, 6.07) is 3.53. The number of aryl methyl sites for hydroxylation is 2. The molecule has 10 heteroatoms. The summed E-state index contributed by atoms with van der Waals surface area (Å²) >= 11 is 0. The molecule has 31 heavy (non-hydrogen) atoms. The number of nitrogens with one attached hydrogen (secondary N) is 1. The predicted octanol–water partition coefficient (Wildman–Crippen LogP) is 3.55. The molecule has 0 radical (unpaired) electrons.